The molecule has 0 rings (SSSR count). The second kappa shape index (κ2) is 8.56. The Labute approximate surface area is 102 Å². The maximum absolute atomic E-state index is 10.5. The first kappa shape index (κ1) is 15.4. The van der Waals surface area contributed by atoms with Crippen LogP contribution in [0.5, 0.6) is 0 Å². The van der Waals surface area contributed by atoms with E-state index >= 15 is 0 Å². The van der Waals surface area contributed by atoms with Crippen molar-refractivity contribution in [1.82, 2.24) is 0 Å². The molecule has 0 aromatic carbocycles. The highest BCUT2D eigenvalue weighted by molar-refractivity contribution is 5.86. The summed E-state index contributed by atoms with van der Waals surface area (Å²) in [6, 6.07) is 0. The highest BCUT2D eigenvalue weighted by Crippen LogP contribution is 2.07. The molecular weight excluding hydrogens is 220 g/mol. The smallest absolute Gasteiger partial charge is 0.330 e. The maximum atomic E-state index is 10.5. The van der Waals surface area contributed by atoms with Crippen molar-refractivity contribution in [3.8, 4) is 0 Å². The van der Waals surface area contributed by atoms with Gasteiger partial charge in [-0.15, -0.1) is 0 Å². The summed E-state index contributed by atoms with van der Waals surface area (Å²) in [6.07, 6.45) is 7.82. The van der Waals surface area contributed by atoms with Gasteiger partial charge in [-0.25, -0.2) is 9.59 Å². The van der Waals surface area contributed by atoms with E-state index in [-0.39, 0.29) is 0 Å². The number of hydrogen-bond acceptors (Lipinski definition) is 2. The minimum Gasteiger partial charge on any atom is -0.478 e. The van der Waals surface area contributed by atoms with Crippen LogP contribution < -0.4 is 0 Å². The van der Waals surface area contributed by atoms with Crippen molar-refractivity contribution in [2.75, 3.05) is 0 Å². The molecule has 0 unspecified atom stereocenters. The van der Waals surface area contributed by atoms with Crippen molar-refractivity contribution in [3.63, 3.8) is 0 Å². The maximum Gasteiger partial charge on any atom is 0.330 e. The zero-order valence-electron chi connectivity index (χ0n) is 10.4. The van der Waals surface area contributed by atoms with Gasteiger partial charge in [0.15, 0.2) is 0 Å². The Morgan fingerprint density at radius 3 is 1.47 bits per heavy atom. The van der Waals surface area contributed by atoms with Crippen LogP contribution in [0.3, 0.4) is 0 Å². The first-order valence-electron chi connectivity index (χ1n) is 5.75. The molecule has 96 valence electrons. The molecule has 0 aliphatic heterocycles. The molecule has 0 aliphatic rings. The third-order valence-corrected chi connectivity index (χ3v) is 2.48. The zero-order valence-corrected chi connectivity index (χ0v) is 10.4. The van der Waals surface area contributed by atoms with E-state index in [0.29, 0.717) is 11.1 Å². The van der Waals surface area contributed by atoms with E-state index < -0.39 is 11.9 Å². The lowest BCUT2D eigenvalue weighted by molar-refractivity contribution is -0.133. The van der Waals surface area contributed by atoms with Gasteiger partial charge in [-0.1, -0.05) is 18.6 Å². The average molecular weight is 240 g/mol. The number of carboxylic acid groups (broad SMARTS) is 2. The Bertz CT molecular complexity index is 294. The first-order chi connectivity index (χ1) is 7.95. The third-order valence-electron chi connectivity index (χ3n) is 2.48. The fourth-order valence-electron chi connectivity index (χ4n) is 1.28. The van der Waals surface area contributed by atoms with Crippen LogP contribution in [0, 0.1) is 0 Å². The fourth-order valence-corrected chi connectivity index (χ4v) is 1.28. The molecule has 0 aromatic heterocycles. The molecule has 0 radical (unpaired) electrons. The molecular formula is C13H20O4. The molecule has 0 aliphatic carbocycles. The molecule has 0 fully saturated rings. The van der Waals surface area contributed by atoms with Crippen LogP contribution in [0.25, 0.3) is 0 Å². The van der Waals surface area contributed by atoms with E-state index in [0.717, 1.165) is 32.1 Å². The fraction of sp³-hybridized carbons (Fsp3) is 0.538. The minimum atomic E-state index is -0.870. The zero-order chi connectivity index (χ0) is 13.3. The number of carbonyl (C=O) groups is 2. The molecule has 4 heteroatoms. The number of rotatable bonds is 8. The molecule has 0 bridgehead atoms. The molecule has 0 amide bonds. The summed E-state index contributed by atoms with van der Waals surface area (Å²) in [4.78, 5) is 20.9. The third kappa shape index (κ3) is 8.25. The molecule has 0 atom stereocenters. The number of aliphatic carboxylic acids is 2. The summed E-state index contributed by atoms with van der Waals surface area (Å²) >= 11 is 0. The van der Waals surface area contributed by atoms with Crippen molar-refractivity contribution in [2.45, 2.75) is 46.0 Å². The van der Waals surface area contributed by atoms with Crippen LogP contribution >= 0.6 is 0 Å². The predicted octanol–water partition coefficient (Wildman–Crippen LogP) is 3.00. The van der Waals surface area contributed by atoms with E-state index in [1.807, 2.05) is 0 Å². The van der Waals surface area contributed by atoms with Crippen molar-refractivity contribution < 1.29 is 19.8 Å². The van der Waals surface area contributed by atoms with E-state index in [1.54, 1.807) is 26.0 Å². The Morgan fingerprint density at radius 2 is 1.18 bits per heavy atom. The number of carboxylic acids is 2. The Kier molecular flexibility index (Phi) is 7.76. The number of hydrogen-bond donors (Lipinski definition) is 2. The molecule has 0 saturated carbocycles. The van der Waals surface area contributed by atoms with Gasteiger partial charge in [0.1, 0.15) is 0 Å². The average Bonchev–Trinajstić information content (AvgIpc) is 2.26. The highest BCUT2D eigenvalue weighted by Gasteiger charge is 1.99. The van der Waals surface area contributed by atoms with E-state index in [1.165, 1.54) is 0 Å². The van der Waals surface area contributed by atoms with Crippen molar-refractivity contribution >= 4 is 11.9 Å². The Hall–Kier alpha value is -1.58. The SMILES string of the molecule is C/C(=C\CCCCC/C=C(\C)C(=O)O)C(=O)O. The molecule has 2 N–H and O–H groups in total. The molecule has 0 saturated heterocycles. The molecule has 17 heavy (non-hydrogen) atoms. The van der Waals surface area contributed by atoms with Gasteiger partial charge in [0.2, 0.25) is 0 Å². The van der Waals surface area contributed by atoms with Gasteiger partial charge in [-0.2, -0.15) is 0 Å². The van der Waals surface area contributed by atoms with Gasteiger partial charge in [-0.3, -0.25) is 0 Å². The second-order valence-corrected chi connectivity index (χ2v) is 4.02. The van der Waals surface area contributed by atoms with Crippen LogP contribution in [0.4, 0.5) is 0 Å². The van der Waals surface area contributed by atoms with Gasteiger partial charge in [-0.05, 0) is 39.5 Å². The van der Waals surface area contributed by atoms with Gasteiger partial charge in [0.05, 0.1) is 0 Å². The van der Waals surface area contributed by atoms with Crippen LogP contribution in [-0.4, -0.2) is 22.2 Å². The van der Waals surface area contributed by atoms with Gasteiger partial charge in [0, 0.05) is 11.1 Å². The van der Waals surface area contributed by atoms with Crippen molar-refractivity contribution in [2.24, 2.45) is 0 Å². The summed E-state index contributed by atoms with van der Waals surface area (Å²) in [7, 11) is 0. The van der Waals surface area contributed by atoms with Crippen LogP contribution in [0.1, 0.15) is 46.0 Å². The number of unbranched alkanes of at least 4 members (excludes halogenated alkanes) is 4. The van der Waals surface area contributed by atoms with Crippen LogP contribution in [0.15, 0.2) is 23.3 Å². The largest absolute Gasteiger partial charge is 0.478 e. The quantitative estimate of drug-likeness (QED) is 0.505. The van der Waals surface area contributed by atoms with E-state index in [2.05, 4.69) is 0 Å². The normalized spacial score (nSPS) is 12.6. The van der Waals surface area contributed by atoms with Gasteiger partial charge in [0.25, 0.3) is 0 Å². The van der Waals surface area contributed by atoms with Gasteiger partial charge < -0.3 is 10.2 Å². The predicted molar refractivity (Wildman–Crippen MR) is 65.9 cm³/mol. The lowest BCUT2D eigenvalue weighted by atomic mass is 10.1. The van der Waals surface area contributed by atoms with Crippen molar-refractivity contribution in [3.05, 3.63) is 23.3 Å². The lowest BCUT2D eigenvalue weighted by Crippen LogP contribution is -1.95. The molecule has 0 aromatic rings. The Morgan fingerprint density at radius 1 is 0.824 bits per heavy atom. The lowest BCUT2D eigenvalue weighted by Gasteiger charge is -1.97. The molecule has 0 spiro atoms. The first-order valence-corrected chi connectivity index (χ1v) is 5.75. The summed E-state index contributed by atoms with van der Waals surface area (Å²) in [6.45, 7) is 3.17. The summed E-state index contributed by atoms with van der Waals surface area (Å²) in [5.41, 5.74) is 0.762. The standard InChI is InChI=1S/C13H20O4/c1-10(12(14)15)8-6-4-3-5-7-9-11(2)13(16)17/h8-9H,3-7H2,1-2H3,(H,14,15)(H,16,17)/b10-8+,11-9+. The monoisotopic (exact) mass is 240 g/mol. The van der Waals surface area contributed by atoms with Crippen LogP contribution in [-0.2, 0) is 9.59 Å². The second-order valence-electron chi connectivity index (χ2n) is 4.02. The minimum absolute atomic E-state index is 0.381. The topological polar surface area (TPSA) is 74.6 Å². The van der Waals surface area contributed by atoms with Gasteiger partial charge >= 0.3 is 11.9 Å². The summed E-state index contributed by atoms with van der Waals surface area (Å²) < 4.78 is 0. The number of allylic oxidation sites excluding steroid dienone is 2. The van der Waals surface area contributed by atoms with Crippen molar-refractivity contribution in [1.29, 1.82) is 0 Å². The Balaban J connectivity index is 3.61. The summed E-state index contributed by atoms with van der Waals surface area (Å²) in [5, 5.41) is 17.2. The van der Waals surface area contributed by atoms with E-state index in [4.69, 9.17) is 10.2 Å². The molecule has 0 heterocycles. The summed E-state index contributed by atoms with van der Waals surface area (Å²) in [5.74, 6) is -1.74. The van der Waals surface area contributed by atoms with E-state index in [9.17, 15) is 9.59 Å². The highest BCUT2D eigenvalue weighted by atomic mass is 16.4. The van der Waals surface area contributed by atoms with Crippen LogP contribution in [0.2, 0.25) is 0 Å². The molecule has 4 nitrogen and oxygen atoms in total.